The minimum Gasteiger partial charge on any atom is -0.378 e. The first-order valence-corrected chi connectivity index (χ1v) is 10.5. The molecule has 4 aromatic rings. The van der Waals surface area contributed by atoms with Crippen molar-refractivity contribution in [3.05, 3.63) is 78.3 Å². The minimum absolute atomic E-state index is 0.282. The molecule has 2 aromatic carbocycles. The maximum Gasteiger partial charge on any atom is 0.422 e. The summed E-state index contributed by atoms with van der Waals surface area (Å²) in [6.07, 6.45) is 0. The molecule has 0 amide bonds. The van der Waals surface area contributed by atoms with Crippen molar-refractivity contribution in [1.82, 2.24) is 14.5 Å². The number of rotatable bonds is 3. The number of H-pyrrole nitrogens is 1. The van der Waals surface area contributed by atoms with Crippen LogP contribution < -0.4 is 21.8 Å². The van der Waals surface area contributed by atoms with Crippen LogP contribution in [-0.4, -0.2) is 40.8 Å². The number of benzene rings is 2. The largest absolute Gasteiger partial charge is 0.422 e. The van der Waals surface area contributed by atoms with Gasteiger partial charge >= 0.3 is 11.4 Å². The van der Waals surface area contributed by atoms with Gasteiger partial charge in [-0.05, 0) is 31.2 Å². The predicted molar refractivity (Wildman–Crippen MR) is 121 cm³/mol. The number of halogens is 1. The normalized spacial score (nSPS) is 15.4. The molecule has 0 radical (unpaired) electrons. The third-order valence-electron chi connectivity index (χ3n) is 5.70. The van der Waals surface area contributed by atoms with Gasteiger partial charge in [0.15, 0.2) is 0 Å². The van der Waals surface area contributed by atoms with Gasteiger partial charge in [0.2, 0.25) is 5.95 Å². The van der Waals surface area contributed by atoms with Gasteiger partial charge in [-0.15, -0.1) is 0 Å². The van der Waals surface area contributed by atoms with Crippen LogP contribution in [0.5, 0.6) is 0 Å². The highest BCUT2D eigenvalue weighted by Crippen LogP contribution is 2.29. The number of aromatic nitrogens is 3. The zero-order valence-corrected chi connectivity index (χ0v) is 17.9. The van der Waals surface area contributed by atoms with Crippen LogP contribution in [0.4, 0.5) is 5.95 Å². The Labute approximate surface area is 185 Å². The molecule has 0 spiro atoms. The van der Waals surface area contributed by atoms with E-state index in [4.69, 9.17) is 25.7 Å². The van der Waals surface area contributed by atoms with Crippen molar-refractivity contribution in [3.8, 4) is 0 Å². The Bertz CT molecular complexity index is 1520. The number of fused-ring (bicyclic) bond motifs is 2. The van der Waals surface area contributed by atoms with E-state index in [2.05, 4.69) is 4.98 Å². The van der Waals surface area contributed by atoms with Crippen LogP contribution in [0.3, 0.4) is 0 Å². The van der Waals surface area contributed by atoms with Gasteiger partial charge < -0.3 is 14.1 Å². The fourth-order valence-electron chi connectivity index (χ4n) is 4.11. The van der Waals surface area contributed by atoms with Crippen molar-refractivity contribution in [2.24, 2.45) is 0 Å². The quantitative estimate of drug-likeness (QED) is 0.505. The number of anilines is 1. The predicted octanol–water partition coefficient (Wildman–Crippen LogP) is 2.29. The van der Waals surface area contributed by atoms with Gasteiger partial charge in [-0.2, -0.15) is 0 Å². The highest BCUT2D eigenvalue weighted by molar-refractivity contribution is 6.31. The Morgan fingerprint density at radius 2 is 1.84 bits per heavy atom. The first kappa shape index (κ1) is 20.5. The molecule has 3 heterocycles. The Hall–Kier alpha value is -3.43. The van der Waals surface area contributed by atoms with Crippen LogP contribution in [0.15, 0.2) is 55.2 Å². The Morgan fingerprint density at radius 1 is 1.09 bits per heavy atom. The first-order valence-electron chi connectivity index (χ1n) is 10.1. The molecular weight excluding hydrogens is 436 g/mol. The summed E-state index contributed by atoms with van der Waals surface area (Å²) in [5, 5.41) is 0.928. The van der Waals surface area contributed by atoms with Crippen molar-refractivity contribution in [2.45, 2.75) is 13.0 Å². The summed E-state index contributed by atoms with van der Waals surface area (Å²) in [4.78, 5) is 47.3. The van der Waals surface area contributed by atoms with E-state index in [-0.39, 0.29) is 10.9 Å². The van der Waals surface area contributed by atoms with Gasteiger partial charge in [0.25, 0.3) is 5.56 Å². The molecule has 0 bridgehead atoms. The van der Waals surface area contributed by atoms with Gasteiger partial charge in [-0.3, -0.25) is 14.3 Å². The number of hydrogen-bond donors (Lipinski definition) is 1. The molecule has 5 rings (SSSR count). The first-order chi connectivity index (χ1) is 15.4. The minimum atomic E-state index is -0.799. The number of para-hydroxylation sites is 1. The van der Waals surface area contributed by atoms with Crippen molar-refractivity contribution in [2.75, 3.05) is 31.2 Å². The third-order valence-corrected chi connectivity index (χ3v) is 5.92. The zero-order chi connectivity index (χ0) is 22.4. The van der Waals surface area contributed by atoms with E-state index >= 15 is 0 Å². The molecule has 2 aromatic heterocycles. The molecule has 1 aliphatic rings. The van der Waals surface area contributed by atoms with E-state index in [0.717, 1.165) is 0 Å². The Morgan fingerprint density at radius 3 is 2.62 bits per heavy atom. The van der Waals surface area contributed by atoms with E-state index in [1.807, 2.05) is 4.90 Å². The van der Waals surface area contributed by atoms with E-state index in [0.29, 0.717) is 59.3 Å². The standard InChI is InChI=1S/C22H19ClN4O5/c1-12(27-17-5-3-2-4-14(17)20(29)32-22(27)30)15-10-13(23)11-16-18(15)24-21(25-19(16)28)26-6-8-31-9-7-26/h2-5,10-12H,6-9H2,1H3,(H,24,25,28). The summed E-state index contributed by atoms with van der Waals surface area (Å²) in [7, 11) is 0. The molecule has 1 atom stereocenters. The molecule has 1 fully saturated rings. The summed E-state index contributed by atoms with van der Waals surface area (Å²) in [6.45, 7) is 4.05. The number of ether oxygens (including phenoxy) is 1. The average Bonchev–Trinajstić information content (AvgIpc) is 2.79. The SMILES string of the molecule is CC(c1cc(Cl)cc2c(=O)[nH]c(N3CCOCC3)nc12)n1c(=O)oc(=O)c2ccccc21. The molecule has 1 saturated heterocycles. The fraction of sp³-hybridized carbons (Fsp3) is 0.273. The van der Waals surface area contributed by atoms with E-state index < -0.39 is 17.4 Å². The van der Waals surface area contributed by atoms with Crippen molar-refractivity contribution in [1.29, 1.82) is 0 Å². The molecule has 0 aliphatic carbocycles. The highest BCUT2D eigenvalue weighted by Gasteiger charge is 2.22. The van der Waals surface area contributed by atoms with E-state index in [1.54, 1.807) is 43.3 Å². The maximum absolute atomic E-state index is 12.9. The van der Waals surface area contributed by atoms with Crippen LogP contribution in [-0.2, 0) is 4.74 Å². The van der Waals surface area contributed by atoms with Gasteiger partial charge in [-0.1, -0.05) is 23.7 Å². The van der Waals surface area contributed by atoms with Crippen LogP contribution in [0.1, 0.15) is 18.5 Å². The maximum atomic E-state index is 12.9. The second kappa shape index (κ2) is 7.92. The second-order valence-electron chi connectivity index (χ2n) is 7.60. The van der Waals surface area contributed by atoms with Gasteiger partial charge in [-0.25, -0.2) is 14.6 Å². The monoisotopic (exact) mass is 454 g/mol. The van der Waals surface area contributed by atoms with Crippen molar-refractivity contribution in [3.63, 3.8) is 0 Å². The molecule has 32 heavy (non-hydrogen) atoms. The summed E-state index contributed by atoms with van der Waals surface area (Å²) in [5.41, 5.74) is 0.384. The molecule has 1 N–H and O–H groups in total. The zero-order valence-electron chi connectivity index (χ0n) is 17.1. The molecule has 1 aliphatic heterocycles. The molecule has 10 heteroatoms. The van der Waals surface area contributed by atoms with Crippen LogP contribution in [0.25, 0.3) is 21.8 Å². The molecule has 1 unspecified atom stereocenters. The highest BCUT2D eigenvalue weighted by atomic mass is 35.5. The lowest BCUT2D eigenvalue weighted by molar-refractivity contribution is 0.122. The Kier molecular flexibility index (Phi) is 5.07. The van der Waals surface area contributed by atoms with Gasteiger partial charge in [0.1, 0.15) is 0 Å². The van der Waals surface area contributed by atoms with Crippen LogP contribution in [0, 0.1) is 0 Å². The fourth-order valence-corrected chi connectivity index (χ4v) is 4.33. The number of nitrogens with zero attached hydrogens (tertiary/aromatic N) is 3. The lowest BCUT2D eigenvalue weighted by Crippen LogP contribution is -2.38. The number of nitrogens with one attached hydrogen (secondary N) is 1. The summed E-state index contributed by atoms with van der Waals surface area (Å²) in [6, 6.07) is 9.31. The third kappa shape index (κ3) is 3.39. The summed E-state index contributed by atoms with van der Waals surface area (Å²) >= 11 is 6.33. The van der Waals surface area contributed by atoms with E-state index in [9.17, 15) is 14.4 Å². The van der Waals surface area contributed by atoms with Gasteiger partial charge in [0.05, 0.1) is 41.1 Å². The number of hydrogen-bond acceptors (Lipinski definition) is 7. The smallest absolute Gasteiger partial charge is 0.378 e. The van der Waals surface area contributed by atoms with Crippen molar-refractivity contribution < 1.29 is 9.15 Å². The summed E-state index contributed by atoms with van der Waals surface area (Å²) in [5.74, 6) is -0.370. The molecule has 164 valence electrons. The van der Waals surface area contributed by atoms with Crippen LogP contribution in [0.2, 0.25) is 5.02 Å². The summed E-state index contributed by atoms with van der Waals surface area (Å²) < 4.78 is 11.7. The number of morpholine rings is 1. The Balaban J connectivity index is 1.76. The van der Waals surface area contributed by atoms with Crippen LogP contribution >= 0.6 is 11.6 Å². The molecule has 9 nitrogen and oxygen atoms in total. The molecular formula is C22H19ClN4O5. The van der Waals surface area contributed by atoms with E-state index in [1.165, 1.54) is 4.57 Å². The number of aromatic amines is 1. The molecule has 0 saturated carbocycles. The second-order valence-corrected chi connectivity index (χ2v) is 8.04. The lowest BCUT2D eigenvalue weighted by atomic mass is 10.0. The van der Waals surface area contributed by atoms with Crippen molar-refractivity contribution >= 4 is 39.4 Å². The topological polar surface area (TPSA) is 110 Å². The van der Waals surface area contributed by atoms with Gasteiger partial charge in [0, 0.05) is 23.7 Å². The lowest BCUT2D eigenvalue weighted by Gasteiger charge is -2.27. The average molecular weight is 455 g/mol.